The molecule has 0 saturated carbocycles. The van der Waals surface area contributed by atoms with E-state index in [-0.39, 0.29) is 11.9 Å². The second-order valence-electron chi connectivity index (χ2n) is 6.06. The maximum Gasteiger partial charge on any atom is 0.325 e. The number of amides is 3. The van der Waals surface area contributed by atoms with E-state index in [1.807, 2.05) is 24.1 Å². The Bertz CT molecular complexity index is 616. The summed E-state index contributed by atoms with van der Waals surface area (Å²) in [6.45, 7) is 5.05. The van der Waals surface area contributed by atoms with E-state index in [2.05, 4.69) is 11.4 Å². The van der Waals surface area contributed by atoms with Gasteiger partial charge in [-0.2, -0.15) is 5.26 Å². The molecule has 0 aliphatic carbocycles. The highest BCUT2D eigenvalue weighted by molar-refractivity contribution is 6.06. The van der Waals surface area contributed by atoms with E-state index in [1.54, 1.807) is 26.0 Å². The molecule has 6 heteroatoms. The largest absolute Gasteiger partial charge is 0.325 e. The van der Waals surface area contributed by atoms with Gasteiger partial charge in [-0.3, -0.25) is 9.69 Å². The molecule has 116 valence electrons. The van der Waals surface area contributed by atoms with Crippen LogP contribution < -0.4 is 5.32 Å². The quantitative estimate of drug-likeness (QED) is 0.832. The fourth-order valence-electron chi connectivity index (χ4n) is 2.37. The maximum absolute atomic E-state index is 12.1. The Morgan fingerprint density at radius 2 is 1.91 bits per heavy atom. The lowest BCUT2D eigenvalue weighted by molar-refractivity contribution is -0.130. The van der Waals surface area contributed by atoms with Gasteiger partial charge < -0.3 is 10.2 Å². The molecule has 1 aromatic carbocycles. The van der Waals surface area contributed by atoms with Crippen LogP contribution in [0.4, 0.5) is 4.79 Å². The fraction of sp³-hybridized carbons (Fsp3) is 0.438. The van der Waals surface area contributed by atoms with Crippen LogP contribution in [-0.4, -0.2) is 47.4 Å². The van der Waals surface area contributed by atoms with Gasteiger partial charge in [-0.1, -0.05) is 12.1 Å². The summed E-state index contributed by atoms with van der Waals surface area (Å²) in [5.41, 5.74) is 0.898. The predicted octanol–water partition coefficient (Wildman–Crippen LogP) is 1.32. The molecular weight excluding hydrogens is 280 g/mol. The number of hydrogen-bond acceptors (Lipinski definition) is 4. The first-order valence-corrected chi connectivity index (χ1v) is 7.15. The van der Waals surface area contributed by atoms with Gasteiger partial charge in [0.1, 0.15) is 5.54 Å². The lowest BCUT2D eigenvalue weighted by atomic mass is 10.1. The molecule has 1 aliphatic heterocycles. The van der Waals surface area contributed by atoms with E-state index in [4.69, 9.17) is 5.26 Å². The number of benzene rings is 1. The first kappa shape index (κ1) is 16.0. The van der Waals surface area contributed by atoms with Crippen molar-refractivity contribution >= 4 is 11.9 Å². The Hall–Kier alpha value is -2.39. The summed E-state index contributed by atoms with van der Waals surface area (Å²) < 4.78 is 0. The molecule has 22 heavy (non-hydrogen) atoms. The standard InChI is InChI=1S/C16H20N4O2/c1-16(2)14(21)20(15(22)18-16)9-8-19(3)11-13-6-4-12(10-17)5-7-13/h4-7H,8-9,11H2,1-3H3,(H,18,22). The second kappa shape index (κ2) is 6.16. The number of rotatable bonds is 5. The molecule has 1 aromatic rings. The number of urea groups is 1. The lowest BCUT2D eigenvalue weighted by Gasteiger charge is -2.21. The normalized spacial score (nSPS) is 16.8. The van der Waals surface area contributed by atoms with Gasteiger partial charge in [0.2, 0.25) is 0 Å². The number of hydrogen-bond donors (Lipinski definition) is 1. The SMILES string of the molecule is CN(CCN1C(=O)NC(C)(C)C1=O)Cc1ccc(C#N)cc1. The minimum absolute atomic E-state index is 0.190. The topological polar surface area (TPSA) is 76.4 Å². The van der Waals surface area contributed by atoms with Gasteiger partial charge in [0.05, 0.1) is 11.6 Å². The van der Waals surface area contributed by atoms with Crippen molar-refractivity contribution in [3.63, 3.8) is 0 Å². The zero-order valence-corrected chi connectivity index (χ0v) is 13.1. The number of likely N-dealkylation sites (N-methyl/N-ethyl adjacent to an activating group) is 1. The lowest BCUT2D eigenvalue weighted by Crippen LogP contribution is -2.41. The van der Waals surface area contributed by atoms with Crippen LogP contribution in [0.2, 0.25) is 0 Å². The molecule has 1 heterocycles. The Labute approximate surface area is 130 Å². The fourth-order valence-corrected chi connectivity index (χ4v) is 2.37. The summed E-state index contributed by atoms with van der Waals surface area (Å²) in [4.78, 5) is 27.2. The molecule has 1 N–H and O–H groups in total. The molecule has 0 aromatic heterocycles. The molecule has 0 radical (unpaired) electrons. The van der Waals surface area contributed by atoms with Gasteiger partial charge in [-0.25, -0.2) is 4.79 Å². The van der Waals surface area contributed by atoms with E-state index < -0.39 is 5.54 Å². The first-order valence-electron chi connectivity index (χ1n) is 7.15. The zero-order valence-electron chi connectivity index (χ0n) is 13.1. The minimum atomic E-state index is -0.817. The number of nitrogens with one attached hydrogen (secondary N) is 1. The van der Waals surface area contributed by atoms with Gasteiger partial charge >= 0.3 is 6.03 Å². The highest BCUT2D eigenvalue weighted by Gasteiger charge is 2.43. The number of imide groups is 1. The number of carbonyl (C=O) groups excluding carboxylic acids is 2. The van der Waals surface area contributed by atoms with Crippen LogP contribution >= 0.6 is 0 Å². The van der Waals surface area contributed by atoms with Gasteiger partial charge in [0.15, 0.2) is 0 Å². The summed E-state index contributed by atoms with van der Waals surface area (Å²) in [7, 11) is 1.93. The molecule has 0 spiro atoms. The van der Waals surface area contributed by atoms with Crippen LogP contribution in [0, 0.1) is 11.3 Å². The van der Waals surface area contributed by atoms with Crippen molar-refractivity contribution in [3.8, 4) is 6.07 Å². The molecule has 0 bridgehead atoms. The molecule has 2 rings (SSSR count). The van der Waals surface area contributed by atoms with E-state index in [1.165, 1.54) is 4.90 Å². The highest BCUT2D eigenvalue weighted by atomic mass is 16.2. The first-order chi connectivity index (χ1) is 10.3. The van der Waals surface area contributed by atoms with Crippen molar-refractivity contribution in [2.75, 3.05) is 20.1 Å². The molecule has 0 unspecified atom stereocenters. The zero-order chi connectivity index (χ0) is 16.3. The number of nitriles is 1. The maximum atomic E-state index is 12.1. The molecule has 1 fully saturated rings. The Morgan fingerprint density at radius 3 is 2.41 bits per heavy atom. The molecule has 1 aliphatic rings. The van der Waals surface area contributed by atoms with E-state index in [0.717, 1.165) is 5.56 Å². The predicted molar refractivity (Wildman–Crippen MR) is 81.8 cm³/mol. The third-order valence-corrected chi connectivity index (χ3v) is 3.69. The molecule has 6 nitrogen and oxygen atoms in total. The molecule has 1 saturated heterocycles. The van der Waals surface area contributed by atoms with Crippen molar-refractivity contribution in [1.29, 1.82) is 5.26 Å². The Morgan fingerprint density at radius 1 is 1.27 bits per heavy atom. The smallest absolute Gasteiger partial charge is 0.324 e. The summed E-state index contributed by atoms with van der Waals surface area (Å²) in [5.74, 6) is -0.190. The van der Waals surface area contributed by atoms with Gasteiger partial charge in [-0.05, 0) is 38.6 Å². The van der Waals surface area contributed by atoms with Crippen LogP contribution in [0.5, 0.6) is 0 Å². The van der Waals surface area contributed by atoms with Gasteiger partial charge in [0, 0.05) is 19.6 Å². The average molecular weight is 300 g/mol. The second-order valence-corrected chi connectivity index (χ2v) is 6.06. The van der Waals surface area contributed by atoms with Crippen LogP contribution in [0.15, 0.2) is 24.3 Å². The Balaban J connectivity index is 1.87. The van der Waals surface area contributed by atoms with Gasteiger partial charge in [-0.15, -0.1) is 0 Å². The van der Waals surface area contributed by atoms with Crippen molar-refractivity contribution < 1.29 is 9.59 Å². The number of carbonyl (C=O) groups is 2. The third kappa shape index (κ3) is 3.43. The van der Waals surface area contributed by atoms with E-state index in [0.29, 0.717) is 25.2 Å². The monoisotopic (exact) mass is 300 g/mol. The highest BCUT2D eigenvalue weighted by Crippen LogP contribution is 2.16. The van der Waals surface area contributed by atoms with Crippen LogP contribution in [0.25, 0.3) is 0 Å². The van der Waals surface area contributed by atoms with Crippen LogP contribution in [0.3, 0.4) is 0 Å². The van der Waals surface area contributed by atoms with Crippen LogP contribution in [-0.2, 0) is 11.3 Å². The van der Waals surface area contributed by atoms with Gasteiger partial charge in [0.25, 0.3) is 5.91 Å². The summed E-state index contributed by atoms with van der Waals surface area (Å²) in [5, 5.41) is 11.4. The third-order valence-electron chi connectivity index (χ3n) is 3.69. The van der Waals surface area contributed by atoms with E-state index >= 15 is 0 Å². The summed E-state index contributed by atoms with van der Waals surface area (Å²) in [6, 6.07) is 9.13. The minimum Gasteiger partial charge on any atom is -0.324 e. The van der Waals surface area contributed by atoms with E-state index in [9.17, 15) is 9.59 Å². The van der Waals surface area contributed by atoms with Crippen molar-refractivity contribution in [1.82, 2.24) is 15.1 Å². The van der Waals surface area contributed by atoms with Crippen molar-refractivity contribution in [2.24, 2.45) is 0 Å². The summed E-state index contributed by atoms with van der Waals surface area (Å²) >= 11 is 0. The van der Waals surface area contributed by atoms with Crippen molar-refractivity contribution in [2.45, 2.75) is 25.9 Å². The average Bonchev–Trinajstić information content (AvgIpc) is 2.66. The van der Waals surface area contributed by atoms with Crippen molar-refractivity contribution in [3.05, 3.63) is 35.4 Å². The Kier molecular flexibility index (Phi) is 4.48. The molecule has 0 atom stereocenters. The number of nitrogens with zero attached hydrogens (tertiary/aromatic N) is 3. The van der Waals surface area contributed by atoms with Crippen LogP contribution in [0.1, 0.15) is 25.0 Å². The molecular formula is C16H20N4O2. The summed E-state index contributed by atoms with van der Waals surface area (Å²) in [6.07, 6.45) is 0. The molecule has 3 amide bonds.